The normalized spacial score (nSPS) is 14.7. The van der Waals surface area contributed by atoms with Crippen LogP contribution < -0.4 is 10.6 Å². The van der Waals surface area contributed by atoms with Gasteiger partial charge in [-0.2, -0.15) is 0 Å². The van der Waals surface area contributed by atoms with Gasteiger partial charge in [0.05, 0.1) is 0 Å². The van der Waals surface area contributed by atoms with Crippen LogP contribution in [0.2, 0.25) is 0 Å². The minimum Gasteiger partial charge on any atom is -0.359 e. The molecule has 2 aromatic rings. The zero-order valence-electron chi connectivity index (χ0n) is 11.5. The number of anilines is 2. The number of ketones is 2. The number of benzene rings is 2. The van der Waals surface area contributed by atoms with Gasteiger partial charge in [-0.05, 0) is 31.2 Å². The van der Waals surface area contributed by atoms with E-state index in [9.17, 15) is 9.59 Å². The Morgan fingerprint density at radius 3 is 2.57 bits per heavy atom. The monoisotopic (exact) mass is 278 g/mol. The number of allylic oxidation sites excluding steroid dienone is 1. The van der Waals surface area contributed by atoms with E-state index in [2.05, 4.69) is 10.6 Å². The van der Waals surface area contributed by atoms with Gasteiger partial charge in [0.25, 0.3) is 0 Å². The van der Waals surface area contributed by atoms with Crippen LogP contribution >= 0.6 is 0 Å². The quantitative estimate of drug-likeness (QED) is 0.667. The summed E-state index contributed by atoms with van der Waals surface area (Å²) < 4.78 is 0. The van der Waals surface area contributed by atoms with Crippen molar-refractivity contribution in [2.45, 2.75) is 6.92 Å². The summed E-state index contributed by atoms with van der Waals surface area (Å²) in [4.78, 5) is 23.8. The van der Waals surface area contributed by atoms with E-state index in [1.54, 1.807) is 24.4 Å². The van der Waals surface area contributed by atoms with E-state index in [-0.39, 0.29) is 11.6 Å². The molecule has 0 fully saturated rings. The first-order chi connectivity index (χ1) is 10.2. The summed E-state index contributed by atoms with van der Waals surface area (Å²) in [6, 6.07) is 14.6. The Bertz CT molecular complexity index is 763. The van der Waals surface area contributed by atoms with Crippen LogP contribution in [0.5, 0.6) is 0 Å². The van der Waals surface area contributed by atoms with Gasteiger partial charge < -0.3 is 10.6 Å². The van der Waals surface area contributed by atoms with E-state index < -0.39 is 0 Å². The Hall–Kier alpha value is -2.88. The third-order valence-corrected chi connectivity index (χ3v) is 3.36. The lowest BCUT2D eigenvalue weighted by Gasteiger charge is -2.07. The van der Waals surface area contributed by atoms with Crippen molar-refractivity contribution >= 4 is 22.9 Å². The van der Waals surface area contributed by atoms with E-state index in [0.717, 1.165) is 5.69 Å². The molecule has 0 spiro atoms. The summed E-state index contributed by atoms with van der Waals surface area (Å²) in [6.07, 6.45) is 1.60. The van der Waals surface area contributed by atoms with Gasteiger partial charge in [0.2, 0.25) is 5.78 Å². The Labute approximate surface area is 122 Å². The van der Waals surface area contributed by atoms with Crippen LogP contribution in [-0.4, -0.2) is 11.6 Å². The van der Waals surface area contributed by atoms with Crippen LogP contribution in [0.25, 0.3) is 0 Å². The van der Waals surface area contributed by atoms with Gasteiger partial charge in [-0.15, -0.1) is 0 Å². The van der Waals surface area contributed by atoms with Crippen molar-refractivity contribution < 1.29 is 9.59 Å². The first-order valence-electron chi connectivity index (χ1n) is 6.64. The maximum Gasteiger partial charge on any atom is 0.212 e. The summed E-state index contributed by atoms with van der Waals surface area (Å²) in [7, 11) is 0. The fraction of sp³-hybridized carbons (Fsp3) is 0.0588. The molecule has 2 aromatic carbocycles. The molecule has 0 amide bonds. The number of carbonyl (C=O) groups is 2. The molecule has 0 saturated heterocycles. The number of fused-ring (bicyclic) bond motifs is 1. The highest BCUT2D eigenvalue weighted by Gasteiger charge is 2.23. The molecule has 1 heterocycles. The van der Waals surface area contributed by atoms with Crippen molar-refractivity contribution in [1.29, 1.82) is 0 Å². The zero-order chi connectivity index (χ0) is 14.8. The SMILES string of the molecule is CC(=O)c1ccccc1N/C=C1/Nc2ccccc2C1=O. The molecule has 0 bridgehead atoms. The van der Waals surface area contributed by atoms with Crippen molar-refractivity contribution in [3.05, 3.63) is 71.6 Å². The molecular weight excluding hydrogens is 264 g/mol. The second kappa shape index (κ2) is 5.25. The number of carbonyl (C=O) groups excluding carboxylic acids is 2. The van der Waals surface area contributed by atoms with Gasteiger partial charge >= 0.3 is 0 Å². The maximum absolute atomic E-state index is 12.2. The van der Waals surface area contributed by atoms with Crippen LogP contribution in [0.3, 0.4) is 0 Å². The van der Waals surface area contributed by atoms with E-state index in [4.69, 9.17) is 0 Å². The second-order valence-corrected chi connectivity index (χ2v) is 4.80. The summed E-state index contributed by atoms with van der Waals surface area (Å²) >= 11 is 0. The Morgan fingerprint density at radius 1 is 1.10 bits per heavy atom. The standard InChI is InChI=1S/C17H14N2O2/c1-11(20)12-6-2-4-8-14(12)18-10-16-17(21)13-7-3-5-9-15(13)19-16/h2-10,18-19H,1H3/b16-10+. The van der Waals surface area contributed by atoms with Gasteiger partial charge in [-0.1, -0.05) is 24.3 Å². The van der Waals surface area contributed by atoms with Crippen molar-refractivity contribution in [2.75, 3.05) is 10.6 Å². The first kappa shape index (κ1) is 13.1. The van der Waals surface area contributed by atoms with Gasteiger partial charge in [-0.25, -0.2) is 0 Å². The van der Waals surface area contributed by atoms with E-state index in [1.165, 1.54) is 6.92 Å². The third kappa shape index (κ3) is 2.43. The van der Waals surface area contributed by atoms with Gasteiger partial charge in [0, 0.05) is 28.7 Å². The summed E-state index contributed by atoms with van der Waals surface area (Å²) in [6.45, 7) is 1.52. The van der Waals surface area contributed by atoms with Crippen molar-refractivity contribution in [2.24, 2.45) is 0 Å². The predicted molar refractivity (Wildman–Crippen MR) is 82.5 cm³/mol. The highest BCUT2D eigenvalue weighted by molar-refractivity contribution is 6.18. The molecule has 1 aliphatic rings. The first-order valence-corrected chi connectivity index (χ1v) is 6.64. The van der Waals surface area contributed by atoms with Crippen molar-refractivity contribution in [1.82, 2.24) is 0 Å². The molecule has 4 nitrogen and oxygen atoms in total. The predicted octanol–water partition coefficient (Wildman–Crippen LogP) is 3.45. The number of rotatable bonds is 3. The average molecular weight is 278 g/mol. The molecule has 0 aliphatic carbocycles. The minimum absolute atomic E-state index is 0.0227. The molecule has 0 radical (unpaired) electrons. The van der Waals surface area contributed by atoms with Crippen LogP contribution in [0.15, 0.2) is 60.4 Å². The topological polar surface area (TPSA) is 58.2 Å². The molecular formula is C17H14N2O2. The van der Waals surface area contributed by atoms with Crippen molar-refractivity contribution in [3.8, 4) is 0 Å². The average Bonchev–Trinajstić information content (AvgIpc) is 2.82. The van der Waals surface area contributed by atoms with E-state index in [0.29, 0.717) is 22.5 Å². The number of para-hydroxylation sites is 2. The van der Waals surface area contributed by atoms with Crippen molar-refractivity contribution in [3.63, 3.8) is 0 Å². The molecule has 0 saturated carbocycles. The maximum atomic E-state index is 12.2. The number of nitrogens with one attached hydrogen (secondary N) is 2. The lowest BCUT2D eigenvalue weighted by atomic mass is 10.1. The summed E-state index contributed by atoms with van der Waals surface area (Å²) in [5.74, 6) is -0.0797. The smallest absolute Gasteiger partial charge is 0.212 e. The largest absolute Gasteiger partial charge is 0.359 e. The Kier molecular flexibility index (Phi) is 3.28. The summed E-state index contributed by atoms with van der Waals surface area (Å²) in [5, 5.41) is 6.10. The number of hydrogen-bond donors (Lipinski definition) is 2. The fourth-order valence-electron chi connectivity index (χ4n) is 2.30. The number of hydrogen-bond acceptors (Lipinski definition) is 4. The zero-order valence-corrected chi connectivity index (χ0v) is 11.5. The van der Waals surface area contributed by atoms with Crippen LogP contribution in [-0.2, 0) is 0 Å². The molecule has 104 valence electrons. The van der Waals surface area contributed by atoms with Gasteiger partial charge in [0.15, 0.2) is 5.78 Å². The molecule has 2 N–H and O–H groups in total. The highest BCUT2D eigenvalue weighted by atomic mass is 16.1. The van der Waals surface area contributed by atoms with Gasteiger partial charge in [-0.3, -0.25) is 9.59 Å². The second-order valence-electron chi connectivity index (χ2n) is 4.80. The molecule has 1 aliphatic heterocycles. The molecule has 4 heteroatoms. The lowest BCUT2D eigenvalue weighted by molar-refractivity contribution is 0.101. The molecule has 0 unspecified atom stereocenters. The van der Waals surface area contributed by atoms with Crippen LogP contribution in [0, 0.1) is 0 Å². The number of Topliss-reactive ketones (excluding diaryl/α,β-unsaturated/α-hetero) is 2. The lowest BCUT2D eigenvalue weighted by Crippen LogP contribution is -2.05. The minimum atomic E-state index is -0.0570. The third-order valence-electron chi connectivity index (χ3n) is 3.36. The summed E-state index contributed by atoms with van der Waals surface area (Å²) in [5.41, 5.74) is 3.20. The molecule has 0 atom stereocenters. The molecule has 3 rings (SSSR count). The van der Waals surface area contributed by atoms with E-state index in [1.807, 2.05) is 30.3 Å². The van der Waals surface area contributed by atoms with Crippen LogP contribution in [0.1, 0.15) is 27.6 Å². The van der Waals surface area contributed by atoms with E-state index >= 15 is 0 Å². The molecule has 0 aromatic heterocycles. The fourth-order valence-corrected chi connectivity index (χ4v) is 2.30. The van der Waals surface area contributed by atoms with Crippen LogP contribution in [0.4, 0.5) is 11.4 Å². The Balaban J connectivity index is 1.86. The molecule has 21 heavy (non-hydrogen) atoms. The van der Waals surface area contributed by atoms with Gasteiger partial charge in [0.1, 0.15) is 5.70 Å². The highest BCUT2D eigenvalue weighted by Crippen LogP contribution is 2.27. The Morgan fingerprint density at radius 2 is 1.81 bits per heavy atom.